The van der Waals surface area contributed by atoms with E-state index in [1.807, 2.05) is 42.5 Å². The number of nitrogens with zero attached hydrogens (tertiary/aromatic N) is 2. The van der Waals surface area contributed by atoms with Crippen LogP contribution in [0, 0.1) is 11.5 Å². The molecule has 0 aliphatic rings. The minimum atomic E-state index is 0.133. The largest absolute Gasteiger partial charge is 0.497 e. The molecule has 1 heterocycles. The van der Waals surface area contributed by atoms with Crippen LogP contribution in [0.25, 0.3) is 32.3 Å². The first kappa shape index (κ1) is 18.5. The molecule has 1 aromatic heterocycles. The Labute approximate surface area is 172 Å². The fourth-order valence-corrected chi connectivity index (χ4v) is 4.43. The van der Waals surface area contributed by atoms with Crippen LogP contribution >= 0.6 is 11.3 Å². The smallest absolute Gasteiger partial charge is 0.207 e. The quantitative estimate of drug-likeness (QED) is 0.287. The second-order valence-corrected chi connectivity index (χ2v) is 7.49. The zero-order valence-electron chi connectivity index (χ0n) is 15.7. The van der Waals surface area contributed by atoms with Gasteiger partial charge in [-0.25, -0.2) is 0 Å². The van der Waals surface area contributed by atoms with Crippen molar-refractivity contribution >= 4 is 32.9 Å². The van der Waals surface area contributed by atoms with Gasteiger partial charge in [-0.15, -0.1) is 11.3 Å². The molecule has 29 heavy (non-hydrogen) atoms. The average Bonchev–Trinajstić information content (AvgIpc) is 3.10. The number of methoxy groups -OCH3 is 1. The summed E-state index contributed by atoms with van der Waals surface area (Å²) in [5.74, 6) is 0.918. The van der Waals surface area contributed by atoms with Gasteiger partial charge in [0.1, 0.15) is 5.75 Å². The number of hydrogen-bond donors (Lipinski definition) is 2. The number of thiophene rings is 1. The highest BCUT2D eigenvalue weighted by Crippen LogP contribution is 2.43. The maximum Gasteiger partial charge on any atom is 0.207 e. The number of ether oxygens (including phenoxy) is 1. The van der Waals surface area contributed by atoms with Crippen LogP contribution in [0.5, 0.6) is 5.75 Å². The summed E-state index contributed by atoms with van der Waals surface area (Å²) in [6, 6.07) is 22.2. The number of nitriles is 1. The molecule has 3 aromatic carbocycles. The van der Waals surface area contributed by atoms with Gasteiger partial charge >= 0.3 is 0 Å². The summed E-state index contributed by atoms with van der Waals surface area (Å²) in [5, 5.41) is 9.78. The number of amidine groups is 1. The van der Waals surface area contributed by atoms with Gasteiger partial charge in [0.2, 0.25) is 6.19 Å². The van der Waals surface area contributed by atoms with Crippen molar-refractivity contribution in [1.29, 1.82) is 5.26 Å². The van der Waals surface area contributed by atoms with Crippen molar-refractivity contribution in [3.63, 3.8) is 0 Å². The van der Waals surface area contributed by atoms with E-state index in [0.717, 1.165) is 38.1 Å². The van der Waals surface area contributed by atoms with E-state index in [1.165, 1.54) is 11.3 Å². The van der Waals surface area contributed by atoms with Crippen LogP contribution in [0.2, 0.25) is 0 Å². The topological polar surface area (TPSA) is 97.4 Å². The number of nitrogens with two attached hydrogens (primary N) is 2. The molecule has 6 heteroatoms. The molecule has 0 saturated carbocycles. The first-order chi connectivity index (χ1) is 14.1. The SMILES string of the molecule is COc1ccc(-c2cc(-c3ccccc3)cc3sc(C(N)=NC#N)c(N)c23)cc1. The summed E-state index contributed by atoms with van der Waals surface area (Å²) in [5.41, 5.74) is 17.2. The van der Waals surface area contributed by atoms with E-state index in [9.17, 15) is 0 Å². The lowest BCUT2D eigenvalue weighted by atomic mass is 9.95. The Morgan fingerprint density at radius 1 is 1.00 bits per heavy atom. The summed E-state index contributed by atoms with van der Waals surface area (Å²) < 4.78 is 6.27. The molecule has 5 nitrogen and oxygen atoms in total. The fraction of sp³-hybridized carbons (Fsp3) is 0.0435. The summed E-state index contributed by atoms with van der Waals surface area (Å²) >= 11 is 1.44. The molecule has 4 N–H and O–H groups in total. The lowest BCUT2D eigenvalue weighted by Crippen LogP contribution is -2.12. The third kappa shape index (κ3) is 3.40. The maximum absolute atomic E-state index is 8.87. The van der Waals surface area contributed by atoms with Gasteiger partial charge < -0.3 is 16.2 Å². The molecule has 0 aliphatic carbocycles. The predicted octanol–water partition coefficient (Wildman–Crippen LogP) is 5.01. The van der Waals surface area contributed by atoms with E-state index < -0.39 is 0 Å². The highest BCUT2D eigenvalue weighted by atomic mass is 32.1. The monoisotopic (exact) mass is 398 g/mol. The summed E-state index contributed by atoms with van der Waals surface area (Å²) in [6.07, 6.45) is 1.73. The van der Waals surface area contributed by atoms with E-state index in [2.05, 4.69) is 29.3 Å². The lowest BCUT2D eigenvalue weighted by Gasteiger charge is -2.10. The van der Waals surface area contributed by atoms with Crippen molar-refractivity contribution in [1.82, 2.24) is 0 Å². The Morgan fingerprint density at radius 3 is 2.38 bits per heavy atom. The van der Waals surface area contributed by atoms with Crippen LogP contribution in [0.3, 0.4) is 0 Å². The number of nitrogen functional groups attached to an aromatic ring is 1. The molecule has 0 saturated heterocycles. The van der Waals surface area contributed by atoms with Crippen LogP contribution in [0.4, 0.5) is 5.69 Å². The molecule has 0 aliphatic heterocycles. The van der Waals surface area contributed by atoms with Gasteiger partial charge in [0.15, 0.2) is 5.84 Å². The standard InChI is InChI=1S/C23H18N4OS/c1-28-17-9-7-15(8-10-17)18-11-16(14-5-3-2-4-6-14)12-19-20(18)21(25)22(29-19)23(26)27-13-24/h2-12H,25H2,1H3,(H2,26,27). The molecular formula is C23H18N4OS. The molecule has 0 amide bonds. The lowest BCUT2D eigenvalue weighted by molar-refractivity contribution is 0.415. The zero-order valence-corrected chi connectivity index (χ0v) is 16.5. The molecule has 4 rings (SSSR count). The van der Waals surface area contributed by atoms with Gasteiger partial charge in [0.05, 0.1) is 17.7 Å². The number of fused-ring (bicyclic) bond motifs is 1. The Kier molecular flexibility index (Phi) is 4.90. The molecule has 142 valence electrons. The van der Waals surface area contributed by atoms with Crippen LogP contribution in [0.1, 0.15) is 4.88 Å². The Hall–Kier alpha value is -3.82. The molecule has 0 fully saturated rings. The first-order valence-corrected chi connectivity index (χ1v) is 9.72. The normalized spacial score (nSPS) is 11.4. The van der Waals surface area contributed by atoms with Gasteiger partial charge in [-0.05, 0) is 46.5 Å². The van der Waals surface area contributed by atoms with E-state index in [1.54, 1.807) is 13.3 Å². The molecule has 0 atom stereocenters. The van der Waals surface area contributed by atoms with E-state index in [0.29, 0.717) is 10.6 Å². The Bertz CT molecular complexity index is 1250. The van der Waals surface area contributed by atoms with E-state index in [4.69, 9.17) is 21.5 Å². The molecule has 0 unspecified atom stereocenters. The third-order valence-electron chi connectivity index (χ3n) is 4.74. The average molecular weight is 398 g/mol. The van der Waals surface area contributed by atoms with Gasteiger partial charge in [0, 0.05) is 10.1 Å². The minimum Gasteiger partial charge on any atom is -0.497 e. The maximum atomic E-state index is 8.87. The minimum absolute atomic E-state index is 0.133. The summed E-state index contributed by atoms with van der Waals surface area (Å²) in [7, 11) is 1.64. The molecule has 0 bridgehead atoms. The predicted molar refractivity (Wildman–Crippen MR) is 120 cm³/mol. The van der Waals surface area contributed by atoms with Crippen molar-refractivity contribution in [2.75, 3.05) is 12.8 Å². The first-order valence-electron chi connectivity index (χ1n) is 8.91. The van der Waals surface area contributed by atoms with Crippen molar-refractivity contribution in [2.45, 2.75) is 0 Å². The number of rotatable bonds is 4. The van der Waals surface area contributed by atoms with Crippen LogP contribution < -0.4 is 16.2 Å². The Morgan fingerprint density at radius 2 is 1.72 bits per heavy atom. The van der Waals surface area contributed by atoms with E-state index >= 15 is 0 Å². The third-order valence-corrected chi connectivity index (χ3v) is 5.91. The van der Waals surface area contributed by atoms with Crippen LogP contribution in [0.15, 0.2) is 71.7 Å². The van der Waals surface area contributed by atoms with Gasteiger partial charge in [0.25, 0.3) is 0 Å². The van der Waals surface area contributed by atoms with Crippen LogP contribution in [-0.2, 0) is 0 Å². The second kappa shape index (κ2) is 7.66. The molecule has 0 spiro atoms. The number of anilines is 1. The van der Waals surface area contributed by atoms with Crippen molar-refractivity contribution in [3.05, 3.63) is 71.6 Å². The highest BCUT2D eigenvalue weighted by molar-refractivity contribution is 7.21. The highest BCUT2D eigenvalue weighted by Gasteiger charge is 2.18. The molecular weight excluding hydrogens is 380 g/mol. The van der Waals surface area contributed by atoms with Crippen molar-refractivity contribution in [2.24, 2.45) is 10.7 Å². The van der Waals surface area contributed by atoms with Crippen LogP contribution in [-0.4, -0.2) is 12.9 Å². The number of aliphatic imine (C=N–C) groups is 1. The number of benzene rings is 3. The molecule has 0 radical (unpaired) electrons. The summed E-state index contributed by atoms with van der Waals surface area (Å²) in [6.45, 7) is 0. The van der Waals surface area contributed by atoms with Gasteiger partial charge in [-0.3, -0.25) is 0 Å². The van der Waals surface area contributed by atoms with Gasteiger partial charge in [-0.2, -0.15) is 10.3 Å². The van der Waals surface area contributed by atoms with E-state index in [-0.39, 0.29) is 5.84 Å². The summed E-state index contributed by atoms with van der Waals surface area (Å²) in [4.78, 5) is 4.28. The van der Waals surface area contributed by atoms with Crippen molar-refractivity contribution < 1.29 is 4.74 Å². The second-order valence-electron chi connectivity index (χ2n) is 6.43. The van der Waals surface area contributed by atoms with Gasteiger partial charge in [-0.1, -0.05) is 42.5 Å². The zero-order chi connectivity index (χ0) is 20.4. The Balaban J connectivity index is 2.02. The fourth-order valence-electron chi connectivity index (χ4n) is 3.34. The van der Waals surface area contributed by atoms with Crippen molar-refractivity contribution in [3.8, 4) is 34.2 Å². The molecule has 4 aromatic rings. The number of hydrogen-bond acceptors (Lipinski definition) is 5.